The molecule has 2 aliphatic rings. The summed E-state index contributed by atoms with van der Waals surface area (Å²) in [6.45, 7) is 6.40. The van der Waals surface area contributed by atoms with Gasteiger partial charge < -0.3 is 9.47 Å². The lowest BCUT2D eigenvalue weighted by Crippen LogP contribution is -2.29. The highest BCUT2D eigenvalue weighted by atomic mass is 19.4. The van der Waals surface area contributed by atoms with Crippen molar-refractivity contribution < 1.29 is 18.0 Å². The molecule has 0 unspecified atom stereocenters. The summed E-state index contributed by atoms with van der Waals surface area (Å²) in [5.74, 6) is 1.76. The van der Waals surface area contributed by atoms with Gasteiger partial charge in [-0.2, -0.15) is 13.2 Å². The van der Waals surface area contributed by atoms with Crippen molar-refractivity contribution in [1.82, 2.24) is 19.4 Å². The Balaban J connectivity index is 1.63. The molecule has 8 heteroatoms. The van der Waals surface area contributed by atoms with Crippen molar-refractivity contribution in [2.24, 2.45) is 11.8 Å². The third kappa shape index (κ3) is 3.00. The van der Waals surface area contributed by atoms with Crippen molar-refractivity contribution in [3.63, 3.8) is 0 Å². The van der Waals surface area contributed by atoms with E-state index in [1.165, 1.54) is 13.1 Å². The first-order valence-corrected chi connectivity index (χ1v) is 9.08. The molecule has 1 aliphatic carbocycles. The second-order valence-electron chi connectivity index (χ2n) is 7.40. The van der Waals surface area contributed by atoms with Gasteiger partial charge in [-0.1, -0.05) is 6.92 Å². The van der Waals surface area contributed by atoms with E-state index in [0.29, 0.717) is 29.5 Å². The molecule has 27 heavy (non-hydrogen) atoms. The minimum Gasteiger partial charge on any atom is -0.342 e. The molecular weight excluding hydrogens is 357 g/mol. The number of carbonyl (C=O) groups is 1. The van der Waals surface area contributed by atoms with Crippen LogP contribution in [0.15, 0.2) is 18.5 Å². The number of hydrogen-bond acceptors (Lipinski definition) is 3. The van der Waals surface area contributed by atoms with Crippen molar-refractivity contribution in [3.05, 3.63) is 35.5 Å². The number of rotatable bonds is 3. The zero-order chi connectivity index (χ0) is 19.5. The molecule has 3 atom stereocenters. The number of imidazole rings is 1. The van der Waals surface area contributed by atoms with Crippen molar-refractivity contribution >= 4 is 5.91 Å². The summed E-state index contributed by atoms with van der Waals surface area (Å²) in [7, 11) is 0. The van der Waals surface area contributed by atoms with Crippen LogP contribution < -0.4 is 0 Å². The fraction of sp³-hybridized carbons (Fsp3) is 0.526. The molecule has 5 nitrogen and oxygen atoms in total. The van der Waals surface area contributed by atoms with Gasteiger partial charge in [0.25, 0.3) is 0 Å². The number of halogens is 3. The Morgan fingerprint density at radius 2 is 1.96 bits per heavy atom. The van der Waals surface area contributed by atoms with Crippen LogP contribution in [0.3, 0.4) is 0 Å². The Hall–Kier alpha value is -2.38. The molecule has 1 saturated carbocycles. The SMILES string of the molecule is CCc1nc(-c2cnc(C)c(C(F)(F)F)c2)cn1[C@H]1[C@@H]2CN(C(C)=O)C[C@@H]21. The molecule has 2 aromatic heterocycles. The molecule has 3 heterocycles. The maximum Gasteiger partial charge on any atom is 0.418 e. The van der Waals surface area contributed by atoms with Crippen LogP contribution in [0.1, 0.15) is 37.0 Å². The summed E-state index contributed by atoms with van der Waals surface area (Å²) in [6, 6.07) is 1.40. The number of carbonyl (C=O) groups excluding carboxylic acids is 1. The lowest BCUT2D eigenvalue weighted by Gasteiger charge is -2.18. The van der Waals surface area contributed by atoms with Crippen molar-refractivity contribution in [3.8, 4) is 11.3 Å². The van der Waals surface area contributed by atoms with E-state index < -0.39 is 11.7 Å². The van der Waals surface area contributed by atoms with Crippen LogP contribution in [-0.2, 0) is 17.4 Å². The second-order valence-corrected chi connectivity index (χ2v) is 7.40. The average Bonchev–Trinajstić information content (AvgIpc) is 2.98. The summed E-state index contributed by atoms with van der Waals surface area (Å²) in [5, 5.41) is 0. The van der Waals surface area contributed by atoms with Crippen LogP contribution in [0.4, 0.5) is 13.2 Å². The molecule has 1 aliphatic heterocycles. The topological polar surface area (TPSA) is 51.0 Å². The highest BCUT2D eigenvalue weighted by Crippen LogP contribution is 2.56. The zero-order valence-corrected chi connectivity index (χ0v) is 15.4. The zero-order valence-electron chi connectivity index (χ0n) is 15.4. The monoisotopic (exact) mass is 378 g/mol. The van der Waals surface area contributed by atoms with Crippen molar-refractivity contribution in [1.29, 1.82) is 0 Å². The van der Waals surface area contributed by atoms with E-state index in [4.69, 9.17) is 0 Å². The summed E-state index contributed by atoms with van der Waals surface area (Å²) in [4.78, 5) is 21.9. The van der Waals surface area contributed by atoms with Gasteiger partial charge in [0.1, 0.15) is 5.82 Å². The van der Waals surface area contributed by atoms with Crippen molar-refractivity contribution in [2.45, 2.75) is 39.4 Å². The van der Waals surface area contributed by atoms with Gasteiger partial charge in [0.2, 0.25) is 5.91 Å². The van der Waals surface area contributed by atoms with E-state index in [0.717, 1.165) is 25.0 Å². The number of aromatic nitrogens is 3. The molecule has 4 rings (SSSR count). The number of piperidine rings is 1. The van der Waals surface area contributed by atoms with Gasteiger partial charge >= 0.3 is 6.18 Å². The summed E-state index contributed by atoms with van der Waals surface area (Å²) < 4.78 is 41.7. The average molecular weight is 378 g/mol. The molecule has 0 bridgehead atoms. The number of alkyl halides is 3. The number of aryl methyl sites for hydroxylation is 2. The number of pyridine rings is 1. The van der Waals surface area contributed by atoms with Crippen molar-refractivity contribution in [2.75, 3.05) is 13.1 Å². The van der Waals surface area contributed by atoms with Gasteiger partial charge in [-0.3, -0.25) is 9.78 Å². The maximum atomic E-state index is 13.2. The van der Waals surface area contributed by atoms with Crippen LogP contribution in [0.25, 0.3) is 11.3 Å². The Bertz CT molecular complexity index is 893. The largest absolute Gasteiger partial charge is 0.418 e. The van der Waals surface area contributed by atoms with E-state index in [1.54, 1.807) is 6.92 Å². The fourth-order valence-corrected chi connectivity index (χ4v) is 4.22. The summed E-state index contributed by atoms with van der Waals surface area (Å²) in [6.07, 6.45) is -0.459. The number of fused-ring (bicyclic) bond motifs is 1. The Kier molecular flexibility index (Phi) is 4.05. The first-order valence-electron chi connectivity index (χ1n) is 9.08. The molecule has 2 aromatic rings. The molecule has 0 aromatic carbocycles. The maximum absolute atomic E-state index is 13.2. The summed E-state index contributed by atoms with van der Waals surface area (Å²) in [5.41, 5.74) is 0.117. The van der Waals surface area contributed by atoms with Crippen LogP contribution in [-0.4, -0.2) is 38.4 Å². The molecule has 1 amide bonds. The van der Waals surface area contributed by atoms with Gasteiger partial charge in [-0.25, -0.2) is 4.98 Å². The molecule has 0 spiro atoms. The highest BCUT2D eigenvalue weighted by molar-refractivity contribution is 5.74. The minimum absolute atomic E-state index is 0.0394. The molecule has 0 radical (unpaired) electrons. The standard InChI is InChI=1S/C19H21F3N4O/c1-4-17-24-16(12-5-15(19(20,21)22)10(2)23-6-12)9-26(17)18-13-7-25(11(3)27)8-14(13)18/h5-6,9,13-14,18H,4,7-8H2,1-3H3/t13-,14+,18+. The second kappa shape index (κ2) is 6.07. The lowest BCUT2D eigenvalue weighted by molar-refractivity contribution is -0.138. The van der Waals surface area contributed by atoms with E-state index >= 15 is 0 Å². The van der Waals surface area contributed by atoms with Crippen LogP contribution in [0.5, 0.6) is 0 Å². The first-order chi connectivity index (χ1) is 12.7. The third-order valence-electron chi connectivity index (χ3n) is 5.73. The Morgan fingerprint density at radius 3 is 2.52 bits per heavy atom. The van der Waals surface area contributed by atoms with Gasteiger partial charge in [0.15, 0.2) is 0 Å². The predicted octanol–water partition coefficient (Wildman–Crippen LogP) is 3.48. The third-order valence-corrected chi connectivity index (χ3v) is 5.73. The lowest BCUT2D eigenvalue weighted by atomic mass is 10.1. The highest BCUT2D eigenvalue weighted by Gasteiger charge is 2.57. The smallest absolute Gasteiger partial charge is 0.342 e. The molecule has 144 valence electrons. The molecular formula is C19H21F3N4O. The normalized spacial score (nSPS) is 24.2. The van der Waals surface area contributed by atoms with E-state index in [9.17, 15) is 18.0 Å². The first kappa shape index (κ1) is 18.0. The van der Waals surface area contributed by atoms with Gasteiger partial charge in [-0.15, -0.1) is 0 Å². The van der Waals surface area contributed by atoms with E-state index in [-0.39, 0.29) is 17.6 Å². The summed E-state index contributed by atoms with van der Waals surface area (Å²) >= 11 is 0. The predicted molar refractivity (Wildman–Crippen MR) is 92.8 cm³/mol. The van der Waals surface area contributed by atoms with Gasteiger partial charge in [0.05, 0.1) is 11.3 Å². The number of hydrogen-bond donors (Lipinski definition) is 0. The minimum atomic E-state index is -4.44. The van der Waals surface area contributed by atoms with Gasteiger partial charge in [0, 0.05) is 68.0 Å². The number of nitrogens with zero attached hydrogens (tertiary/aromatic N) is 4. The molecule has 1 saturated heterocycles. The molecule has 2 fully saturated rings. The molecule has 0 N–H and O–H groups in total. The van der Waals surface area contributed by atoms with Crippen LogP contribution >= 0.6 is 0 Å². The van der Waals surface area contributed by atoms with E-state index in [1.807, 2.05) is 18.0 Å². The number of likely N-dealkylation sites (tertiary alicyclic amines) is 1. The van der Waals surface area contributed by atoms with Crippen LogP contribution in [0, 0.1) is 18.8 Å². The fourth-order valence-electron chi connectivity index (χ4n) is 4.22. The Morgan fingerprint density at radius 1 is 1.30 bits per heavy atom. The van der Waals surface area contributed by atoms with Crippen LogP contribution in [0.2, 0.25) is 0 Å². The Labute approximate surface area is 155 Å². The van der Waals surface area contributed by atoms with E-state index in [2.05, 4.69) is 14.5 Å². The number of amides is 1. The quantitative estimate of drug-likeness (QED) is 0.822. The van der Waals surface area contributed by atoms with Gasteiger partial charge in [-0.05, 0) is 13.0 Å².